The molecule has 2 aliphatic rings. The Bertz CT molecular complexity index is 509. The number of aliphatic hydroxyl groups excluding tert-OH is 1. The minimum absolute atomic E-state index is 0.0602. The van der Waals surface area contributed by atoms with Gasteiger partial charge in [0.1, 0.15) is 0 Å². The number of carbonyl (C=O) groups is 1. The second-order valence-electron chi connectivity index (χ2n) is 5.44. The summed E-state index contributed by atoms with van der Waals surface area (Å²) < 4.78 is 0. The summed E-state index contributed by atoms with van der Waals surface area (Å²) >= 11 is 0. The summed E-state index contributed by atoms with van der Waals surface area (Å²) in [5, 5.41) is 13.2. The first-order chi connectivity index (χ1) is 9.25. The fourth-order valence-electron chi connectivity index (χ4n) is 3.05. The van der Waals surface area contributed by atoms with Crippen molar-refractivity contribution in [2.45, 2.75) is 37.8 Å². The van der Waals surface area contributed by atoms with Gasteiger partial charge in [-0.25, -0.2) is 0 Å². The molecule has 3 nitrogen and oxygen atoms in total. The predicted molar refractivity (Wildman–Crippen MR) is 73.5 cm³/mol. The number of hydrogen-bond acceptors (Lipinski definition) is 2. The van der Waals surface area contributed by atoms with Crippen LogP contribution in [0.5, 0.6) is 0 Å². The van der Waals surface area contributed by atoms with E-state index in [1.54, 1.807) is 0 Å². The van der Waals surface area contributed by atoms with Crippen LogP contribution in [0.3, 0.4) is 0 Å². The van der Waals surface area contributed by atoms with Crippen LogP contribution in [-0.4, -0.2) is 17.1 Å². The number of carbonyl (C=O) groups excluding carboxylic acids is 1. The Labute approximate surface area is 113 Å². The summed E-state index contributed by atoms with van der Waals surface area (Å²) in [6.45, 7) is 0. The minimum atomic E-state index is -0.500. The molecule has 100 valence electrons. The van der Waals surface area contributed by atoms with Crippen LogP contribution in [-0.2, 0) is 11.2 Å². The van der Waals surface area contributed by atoms with Crippen molar-refractivity contribution in [2.24, 2.45) is 5.92 Å². The monoisotopic (exact) mass is 257 g/mol. The number of hydrogen-bond donors (Lipinski definition) is 2. The normalized spacial score (nSPS) is 29.0. The molecule has 0 aliphatic heterocycles. The van der Waals surface area contributed by atoms with Gasteiger partial charge >= 0.3 is 0 Å². The number of benzene rings is 1. The second kappa shape index (κ2) is 5.17. The predicted octanol–water partition coefficient (Wildman–Crippen LogP) is 2.12. The summed E-state index contributed by atoms with van der Waals surface area (Å²) in [6, 6.07) is 7.71. The average Bonchev–Trinajstić information content (AvgIpc) is 2.76. The highest BCUT2D eigenvalue weighted by Gasteiger charge is 2.33. The highest BCUT2D eigenvalue weighted by molar-refractivity contribution is 5.79. The molecule has 0 aromatic heterocycles. The minimum Gasteiger partial charge on any atom is -0.390 e. The van der Waals surface area contributed by atoms with Gasteiger partial charge in [0.2, 0.25) is 5.91 Å². The summed E-state index contributed by atoms with van der Waals surface area (Å²) in [5.41, 5.74) is 2.21. The molecule has 1 amide bonds. The van der Waals surface area contributed by atoms with E-state index in [4.69, 9.17) is 0 Å². The van der Waals surface area contributed by atoms with E-state index in [1.165, 1.54) is 0 Å². The first kappa shape index (κ1) is 12.4. The van der Waals surface area contributed by atoms with E-state index in [2.05, 4.69) is 17.5 Å². The molecule has 3 heteroatoms. The molecule has 0 radical (unpaired) electrons. The number of allylic oxidation sites excluding steroid dienone is 2. The van der Waals surface area contributed by atoms with Crippen molar-refractivity contribution < 1.29 is 9.90 Å². The van der Waals surface area contributed by atoms with Gasteiger partial charge in [0.05, 0.1) is 12.1 Å². The van der Waals surface area contributed by atoms with Crippen LogP contribution < -0.4 is 5.32 Å². The van der Waals surface area contributed by atoms with Gasteiger partial charge in [-0.05, 0) is 30.4 Å². The lowest BCUT2D eigenvalue weighted by molar-refractivity contribution is -0.126. The van der Waals surface area contributed by atoms with Gasteiger partial charge in [0, 0.05) is 12.3 Å². The topological polar surface area (TPSA) is 49.3 Å². The number of amides is 1. The highest BCUT2D eigenvalue weighted by Crippen LogP contribution is 2.32. The third kappa shape index (κ3) is 2.43. The smallest absolute Gasteiger partial charge is 0.224 e. The third-order valence-corrected chi connectivity index (χ3v) is 4.14. The highest BCUT2D eigenvalue weighted by atomic mass is 16.3. The van der Waals surface area contributed by atoms with E-state index in [0.29, 0.717) is 6.42 Å². The molecule has 0 spiro atoms. The lowest BCUT2D eigenvalue weighted by Gasteiger charge is -2.23. The molecule has 3 atom stereocenters. The zero-order valence-corrected chi connectivity index (χ0v) is 10.9. The lowest BCUT2D eigenvalue weighted by atomic mass is 9.93. The SMILES string of the molecule is O=C(N[C@H]1c2ccccc2C[C@H]1O)C1CC=CCC1. The molecular formula is C16H19NO2. The maximum Gasteiger partial charge on any atom is 0.224 e. The quantitative estimate of drug-likeness (QED) is 0.797. The van der Waals surface area contributed by atoms with Gasteiger partial charge in [-0.3, -0.25) is 4.79 Å². The van der Waals surface area contributed by atoms with E-state index < -0.39 is 6.10 Å². The molecule has 0 heterocycles. The molecule has 0 bridgehead atoms. The number of nitrogens with one attached hydrogen (secondary N) is 1. The summed E-state index contributed by atoms with van der Waals surface area (Å²) in [7, 11) is 0. The van der Waals surface area contributed by atoms with Crippen molar-refractivity contribution in [3.63, 3.8) is 0 Å². The first-order valence-corrected chi connectivity index (χ1v) is 6.97. The van der Waals surface area contributed by atoms with Crippen LogP contribution in [0.1, 0.15) is 36.4 Å². The van der Waals surface area contributed by atoms with E-state index in [-0.39, 0.29) is 17.9 Å². The Balaban J connectivity index is 1.73. The van der Waals surface area contributed by atoms with E-state index in [0.717, 1.165) is 30.4 Å². The molecule has 2 aliphatic carbocycles. The molecule has 0 saturated carbocycles. The van der Waals surface area contributed by atoms with Crippen molar-refractivity contribution in [1.29, 1.82) is 0 Å². The van der Waals surface area contributed by atoms with E-state index >= 15 is 0 Å². The van der Waals surface area contributed by atoms with Crippen LogP contribution in [0, 0.1) is 5.92 Å². The van der Waals surface area contributed by atoms with Gasteiger partial charge < -0.3 is 10.4 Å². The fraction of sp³-hybridized carbons (Fsp3) is 0.438. The summed E-state index contributed by atoms with van der Waals surface area (Å²) in [5.74, 6) is 0.134. The van der Waals surface area contributed by atoms with Gasteiger partial charge in [0.15, 0.2) is 0 Å². The molecule has 1 aromatic carbocycles. The molecule has 2 N–H and O–H groups in total. The van der Waals surface area contributed by atoms with Gasteiger partial charge in [-0.1, -0.05) is 36.4 Å². The molecule has 19 heavy (non-hydrogen) atoms. The van der Waals surface area contributed by atoms with Gasteiger partial charge in [0.25, 0.3) is 0 Å². The number of aliphatic hydroxyl groups is 1. The summed E-state index contributed by atoms with van der Waals surface area (Å²) in [4.78, 5) is 12.3. The Hall–Kier alpha value is -1.61. The van der Waals surface area contributed by atoms with Crippen molar-refractivity contribution in [2.75, 3.05) is 0 Å². The van der Waals surface area contributed by atoms with E-state index in [9.17, 15) is 9.90 Å². The van der Waals surface area contributed by atoms with Crippen LogP contribution >= 0.6 is 0 Å². The summed E-state index contributed by atoms with van der Waals surface area (Å²) in [6.07, 6.45) is 7.04. The fourth-order valence-corrected chi connectivity index (χ4v) is 3.05. The molecule has 0 saturated heterocycles. The van der Waals surface area contributed by atoms with Gasteiger partial charge in [-0.2, -0.15) is 0 Å². The first-order valence-electron chi connectivity index (χ1n) is 6.97. The zero-order valence-electron chi connectivity index (χ0n) is 10.9. The molecule has 1 unspecified atom stereocenters. The number of rotatable bonds is 2. The molecule has 1 aromatic rings. The Morgan fingerprint density at radius 2 is 2.11 bits per heavy atom. The largest absolute Gasteiger partial charge is 0.390 e. The number of fused-ring (bicyclic) bond motifs is 1. The van der Waals surface area contributed by atoms with Gasteiger partial charge in [-0.15, -0.1) is 0 Å². The Morgan fingerprint density at radius 1 is 1.26 bits per heavy atom. The van der Waals surface area contributed by atoms with Crippen LogP contribution in [0.4, 0.5) is 0 Å². The maximum absolute atomic E-state index is 12.3. The van der Waals surface area contributed by atoms with Crippen molar-refractivity contribution >= 4 is 5.91 Å². The van der Waals surface area contributed by atoms with Crippen molar-refractivity contribution in [1.82, 2.24) is 5.32 Å². The van der Waals surface area contributed by atoms with Crippen LogP contribution in [0.15, 0.2) is 36.4 Å². The average molecular weight is 257 g/mol. The second-order valence-corrected chi connectivity index (χ2v) is 5.44. The van der Waals surface area contributed by atoms with E-state index in [1.807, 2.05) is 24.3 Å². The van der Waals surface area contributed by atoms with Crippen molar-refractivity contribution in [3.8, 4) is 0 Å². The van der Waals surface area contributed by atoms with Crippen LogP contribution in [0.25, 0.3) is 0 Å². The Kier molecular flexibility index (Phi) is 3.38. The standard InChI is InChI=1S/C16H19NO2/c18-14-10-12-8-4-5-9-13(12)15(14)17-16(19)11-6-2-1-3-7-11/h1-2,4-5,8-9,11,14-15,18H,3,6-7,10H2,(H,17,19)/t11?,14-,15+/m1/s1. The van der Waals surface area contributed by atoms with Crippen molar-refractivity contribution in [3.05, 3.63) is 47.5 Å². The zero-order chi connectivity index (χ0) is 13.2. The lowest BCUT2D eigenvalue weighted by Crippen LogP contribution is -2.38. The molecular weight excluding hydrogens is 238 g/mol. The van der Waals surface area contributed by atoms with Crippen LogP contribution in [0.2, 0.25) is 0 Å². The molecule has 3 rings (SSSR count). The molecule has 0 fully saturated rings. The third-order valence-electron chi connectivity index (χ3n) is 4.14. The maximum atomic E-state index is 12.3. The Morgan fingerprint density at radius 3 is 2.89 bits per heavy atom.